The molecule has 0 aliphatic rings. The van der Waals surface area contributed by atoms with Gasteiger partial charge in [-0.1, -0.05) is 26.5 Å². The Morgan fingerprint density at radius 3 is 2.67 bits per heavy atom. The lowest BCUT2D eigenvalue weighted by molar-refractivity contribution is -0.114. The predicted octanol–water partition coefficient (Wildman–Crippen LogP) is 2.60. The second-order valence-corrected chi connectivity index (χ2v) is 5.10. The van der Waals surface area contributed by atoms with E-state index in [9.17, 15) is 9.59 Å². The van der Waals surface area contributed by atoms with Crippen LogP contribution in [0.1, 0.15) is 31.1 Å². The molecule has 0 saturated carbocycles. The van der Waals surface area contributed by atoms with Crippen molar-refractivity contribution in [2.75, 3.05) is 18.5 Å². The third-order valence-corrected chi connectivity index (χ3v) is 2.57. The molecule has 21 heavy (non-hydrogen) atoms. The minimum atomic E-state index is -0.227. The zero-order chi connectivity index (χ0) is 15.8. The summed E-state index contributed by atoms with van der Waals surface area (Å²) < 4.78 is 5.48. The number of hydrogen-bond donors (Lipinski definition) is 2. The Kier molecular flexibility index (Phi) is 6.46. The van der Waals surface area contributed by atoms with Crippen molar-refractivity contribution in [3.8, 4) is 5.75 Å². The van der Waals surface area contributed by atoms with Crippen molar-refractivity contribution in [2.45, 2.75) is 20.8 Å². The Morgan fingerprint density at radius 2 is 2.10 bits per heavy atom. The highest BCUT2D eigenvalue weighted by molar-refractivity contribution is 5.99. The lowest BCUT2D eigenvalue weighted by atomic mass is 10.1. The maximum Gasteiger partial charge on any atom is 0.255 e. The maximum atomic E-state index is 12.2. The second kappa shape index (κ2) is 8.09. The maximum absolute atomic E-state index is 12.2. The van der Waals surface area contributed by atoms with Crippen molar-refractivity contribution >= 4 is 17.5 Å². The summed E-state index contributed by atoms with van der Waals surface area (Å²) in [5.41, 5.74) is 0.951. The molecule has 0 radical (unpaired) electrons. The number of carbonyl (C=O) groups excluding carboxylic acids is 2. The molecular weight excluding hydrogens is 268 g/mol. The Bertz CT molecular complexity index is 524. The van der Waals surface area contributed by atoms with Crippen LogP contribution in [-0.2, 0) is 4.79 Å². The first-order chi connectivity index (χ1) is 9.93. The summed E-state index contributed by atoms with van der Waals surface area (Å²) >= 11 is 0. The lowest BCUT2D eigenvalue weighted by Crippen LogP contribution is -2.28. The van der Waals surface area contributed by atoms with E-state index in [2.05, 4.69) is 17.2 Å². The van der Waals surface area contributed by atoms with Gasteiger partial charge < -0.3 is 15.4 Å². The molecule has 1 aromatic carbocycles. The van der Waals surface area contributed by atoms with Crippen LogP contribution in [0.25, 0.3) is 0 Å². The average molecular weight is 290 g/mol. The molecule has 0 aliphatic carbocycles. The molecular formula is C16H22N2O3. The summed E-state index contributed by atoms with van der Waals surface area (Å²) in [4.78, 5) is 23.4. The molecule has 0 heterocycles. The predicted molar refractivity (Wildman–Crippen MR) is 83.6 cm³/mol. The Balaban J connectivity index is 2.99. The number of anilines is 1. The minimum absolute atomic E-state index is 0.191. The largest absolute Gasteiger partial charge is 0.489 e. The van der Waals surface area contributed by atoms with Gasteiger partial charge in [-0.3, -0.25) is 9.59 Å². The Morgan fingerprint density at radius 1 is 1.38 bits per heavy atom. The van der Waals surface area contributed by atoms with Crippen molar-refractivity contribution in [3.05, 3.63) is 36.4 Å². The number of hydrogen-bond acceptors (Lipinski definition) is 3. The fourth-order valence-corrected chi connectivity index (χ4v) is 1.66. The number of nitrogens with one attached hydrogen (secondary N) is 2. The molecule has 2 N–H and O–H groups in total. The van der Waals surface area contributed by atoms with Crippen LogP contribution < -0.4 is 15.4 Å². The van der Waals surface area contributed by atoms with E-state index in [1.54, 1.807) is 24.3 Å². The quantitative estimate of drug-likeness (QED) is 0.758. The summed E-state index contributed by atoms with van der Waals surface area (Å²) in [7, 11) is 0. The fraction of sp³-hybridized carbons (Fsp3) is 0.375. The molecule has 0 saturated heterocycles. The number of carbonyl (C=O) groups is 2. The topological polar surface area (TPSA) is 67.4 Å². The molecule has 0 aliphatic heterocycles. The van der Waals surface area contributed by atoms with Crippen LogP contribution in [0.15, 0.2) is 30.9 Å². The molecule has 0 bridgehead atoms. The van der Waals surface area contributed by atoms with E-state index in [0.717, 1.165) is 0 Å². The van der Waals surface area contributed by atoms with Crippen LogP contribution in [-0.4, -0.2) is 25.0 Å². The SMILES string of the molecule is C=CCOc1ccc(NC(C)=O)cc1C(=O)NCC(C)C. The molecule has 1 rings (SSSR count). The van der Waals surface area contributed by atoms with Crippen molar-refractivity contribution in [1.82, 2.24) is 5.32 Å². The molecule has 1 aromatic rings. The van der Waals surface area contributed by atoms with E-state index in [4.69, 9.17) is 4.74 Å². The summed E-state index contributed by atoms with van der Waals surface area (Å²) in [6.07, 6.45) is 1.61. The van der Waals surface area contributed by atoms with Gasteiger partial charge in [-0.25, -0.2) is 0 Å². The third kappa shape index (κ3) is 5.69. The Hall–Kier alpha value is -2.30. The molecule has 0 fully saturated rings. The van der Waals surface area contributed by atoms with Gasteiger partial charge in [0, 0.05) is 19.2 Å². The summed E-state index contributed by atoms with van der Waals surface area (Å²) in [6, 6.07) is 4.97. The lowest BCUT2D eigenvalue weighted by Gasteiger charge is -2.13. The average Bonchev–Trinajstić information content (AvgIpc) is 2.42. The summed E-state index contributed by atoms with van der Waals surface area (Å²) in [5.74, 6) is 0.397. The molecule has 5 heteroatoms. The van der Waals surface area contributed by atoms with Gasteiger partial charge in [0.2, 0.25) is 5.91 Å². The normalized spacial score (nSPS) is 10.1. The zero-order valence-corrected chi connectivity index (χ0v) is 12.7. The van der Waals surface area contributed by atoms with Crippen molar-refractivity contribution in [1.29, 1.82) is 0 Å². The smallest absolute Gasteiger partial charge is 0.255 e. The minimum Gasteiger partial charge on any atom is -0.489 e. The second-order valence-electron chi connectivity index (χ2n) is 5.10. The van der Waals surface area contributed by atoms with Gasteiger partial charge in [0.05, 0.1) is 5.56 Å². The summed E-state index contributed by atoms with van der Waals surface area (Å²) in [5, 5.41) is 5.49. The molecule has 0 aromatic heterocycles. The van der Waals surface area contributed by atoms with Gasteiger partial charge in [-0.2, -0.15) is 0 Å². The fourth-order valence-electron chi connectivity index (χ4n) is 1.66. The van der Waals surface area contributed by atoms with Gasteiger partial charge in [-0.05, 0) is 24.1 Å². The summed E-state index contributed by atoms with van der Waals surface area (Å²) in [6.45, 7) is 9.92. The van der Waals surface area contributed by atoms with E-state index in [1.165, 1.54) is 6.92 Å². The van der Waals surface area contributed by atoms with Gasteiger partial charge in [-0.15, -0.1) is 0 Å². The third-order valence-electron chi connectivity index (χ3n) is 2.57. The standard InChI is InChI=1S/C16H22N2O3/c1-5-8-21-15-7-6-13(18-12(4)19)9-14(15)16(20)17-10-11(2)3/h5-7,9,11H,1,8,10H2,2-4H3,(H,17,20)(H,18,19). The number of benzene rings is 1. The first kappa shape index (κ1) is 16.8. The molecule has 0 unspecified atom stereocenters. The molecule has 0 atom stereocenters. The molecule has 5 nitrogen and oxygen atoms in total. The van der Waals surface area contributed by atoms with Crippen LogP contribution in [0.2, 0.25) is 0 Å². The van der Waals surface area contributed by atoms with Crippen LogP contribution in [0.4, 0.5) is 5.69 Å². The van der Waals surface area contributed by atoms with Gasteiger partial charge >= 0.3 is 0 Å². The van der Waals surface area contributed by atoms with Gasteiger partial charge in [0.1, 0.15) is 12.4 Å². The van der Waals surface area contributed by atoms with E-state index < -0.39 is 0 Å². The van der Waals surface area contributed by atoms with E-state index in [1.807, 2.05) is 13.8 Å². The van der Waals surface area contributed by atoms with Crippen LogP contribution >= 0.6 is 0 Å². The highest BCUT2D eigenvalue weighted by Gasteiger charge is 2.14. The Labute approximate surface area is 125 Å². The highest BCUT2D eigenvalue weighted by atomic mass is 16.5. The van der Waals surface area contributed by atoms with E-state index in [0.29, 0.717) is 36.1 Å². The zero-order valence-electron chi connectivity index (χ0n) is 12.7. The van der Waals surface area contributed by atoms with Crippen molar-refractivity contribution in [2.24, 2.45) is 5.92 Å². The van der Waals surface area contributed by atoms with Crippen molar-refractivity contribution in [3.63, 3.8) is 0 Å². The number of rotatable bonds is 7. The highest BCUT2D eigenvalue weighted by Crippen LogP contribution is 2.23. The number of ether oxygens (including phenoxy) is 1. The molecule has 114 valence electrons. The first-order valence-electron chi connectivity index (χ1n) is 6.87. The van der Waals surface area contributed by atoms with Gasteiger partial charge in [0.15, 0.2) is 0 Å². The van der Waals surface area contributed by atoms with Crippen LogP contribution in [0.5, 0.6) is 5.75 Å². The van der Waals surface area contributed by atoms with E-state index in [-0.39, 0.29) is 11.8 Å². The van der Waals surface area contributed by atoms with Crippen LogP contribution in [0.3, 0.4) is 0 Å². The number of amides is 2. The first-order valence-corrected chi connectivity index (χ1v) is 6.87. The van der Waals surface area contributed by atoms with Gasteiger partial charge in [0.25, 0.3) is 5.91 Å². The van der Waals surface area contributed by atoms with Crippen LogP contribution in [0, 0.1) is 5.92 Å². The monoisotopic (exact) mass is 290 g/mol. The van der Waals surface area contributed by atoms with Crippen molar-refractivity contribution < 1.29 is 14.3 Å². The van der Waals surface area contributed by atoms with E-state index >= 15 is 0 Å². The molecule has 0 spiro atoms. The molecule has 2 amide bonds.